The molecule has 1 aromatic carbocycles. The fourth-order valence-electron chi connectivity index (χ4n) is 2.21. The Morgan fingerprint density at radius 3 is 2.11 bits per heavy atom. The van der Waals surface area contributed by atoms with Crippen LogP contribution < -0.4 is 9.64 Å². The van der Waals surface area contributed by atoms with E-state index in [1.165, 1.54) is 4.90 Å². The minimum atomic E-state index is -2.00. The van der Waals surface area contributed by atoms with Crippen LogP contribution in [-0.4, -0.2) is 58.4 Å². The normalized spacial score (nSPS) is 13.8. The van der Waals surface area contributed by atoms with Gasteiger partial charge in [-0.2, -0.15) is 0 Å². The highest BCUT2D eigenvalue weighted by atomic mass is 35.5. The summed E-state index contributed by atoms with van der Waals surface area (Å²) in [5, 5.41) is 20.2. The lowest BCUT2D eigenvalue weighted by atomic mass is 10.1. The summed E-state index contributed by atoms with van der Waals surface area (Å²) in [6.07, 6.45) is -3.98. The van der Waals surface area contributed by atoms with Gasteiger partial charge in [0.05, 0.1) is 6.10 Å². The summed E-state index contributed by atoms with van der Waals surface area (Å²) in [6, 6.07) is 6.63. The van der Waals surface area contributed by atoms with Crippen LogP contribution in [0.15, 0.2) is 24.3 Å². The molecule has 2 atom stereocenters. The zero-order valence-electron chi connectivity index (χ0n) is 16.3. The van der Waals surface area contributed by atoms with Crippen LogP contribution >= 0.6 is 11.6 Å². The van der Waals surface area contributed by atoms with Gasteiger partial charge < -0.3 is 24.6 Å². The summed E-state index contributed by atoms with van der Waals surface area (Å²) >= 11 is 5.77. The van der Waals surface area contributed by atoms with Crippen molar-refractivity contribution in [1.29, 1.82) is 0 Å². The molecule has 0 aliphatic rings. The number of carbonyl (C=O) groups excluding carboxylic acids is 2. The van der Waals surface area contributed by atoms with E-state index in [-0.39, 0.29) is 18.5 Å². The van der Waals surface area contributed by atoms with Gasteiger partial charge in [0.2, 0.25) is 0 Å². The summed E-state index contributed by atoms with van der Waals surface area (Å²) in [5.74, 6) is -1.20. The van der Waals surface area contributed by atoms with Crippen LogP contribution in [0.5, 0.6) is 5.75 Å². The third kappa shape index (κ3) is 7.36. The van der Waals surface area contributed by atoms with Crippen LogP contribution in [0.2, 0.25) is 0 Å². The largest absolute Gasteiger partial charge is 0.491 e. The Morgan fingerprint density at radius 1 is 1.11 bits per heavy atom. The average Bonchev–Trinajstić information content (AvgIpc) is 2.56. The highest BCUT2D eigenvalue weighted by Gasteiger charge is 2.36. The van der Waals surface area contributed by atoms with Gasteiger partial charge in [-0.15, -0.1) is 11.6 Å². The molecule has 7 nitrogen and oxygen atoms in total. The molecule has 0 saturated heterocycles. The summed E-state index contributed by atoms with van der Waals surface area (Å²) < 4.78 is 10.6. The van der Waals surface area contributed by atoms with Crippen LogP contribution in [0.25, 0.3) is 0 Å². The number of amides is 1. The van der Waals surface area contributed by atoms with Crippen molar-refractivity contribution in [2.45, 2.75) is 58.5 Å². The van der Waals surface area contributed by atoms with Crippen molar-refractivity contribution in [2.75, 3.05) is 17.3 Å². The number of aliphatic hydroxyl groups is 2. The molecule has 1 aromatic rings. The number of anilines is 1. The van der Waals surface area contributed by atoms with E-state index in [9.17, 15) is 19.8 Å². The topological polar surface area (TPSA) is 96.3 Å². The number of hydrogen-bond acceptors (Lipinski definition) is 6. The van der Waals surface area contributed by atoms with Crippen molar-refractivity contribution in [3.8, 4) is 5.75 Å². The first kappa shape index (κ1) is 23.2. The lowest BCUT2D eigenvalue weighted by molar-refractivity contribution is -0.173. The lowest BCUT2D eigenvalue weighted by Crippen LogP contribution is -2.49. The van der Waals surface area contributed by atoms with E-state index >= 15 is 0 Å². The first-order valence-corrected chi connectivity index (χ1v) is 9.22. The van der Waals surface area contributed by atoms with E-state index < -0.39 is 29.7 Å². The molecule has 0 unspecified atom stereocenters. The molecule has 0 aliphatic heterocycles. The lowest BCUT2D eigenvalue weighted by Gasteiger charge is -2.28. The van der Waals surface area contributed by atoms with Gasteiger partial charge in [-0.25, -0.2) is 4.79 Å². The predicted molar refractivity (Wildman–Crippen MR) is 103 cm³/mol. The third-order valence-corrected chi connectivity index (χ3v) is 3.46. The quantitative estimate of drug-likeness (QED) is 0.511. The van der Waals surface area contributed by atoms with Crippen molar-refractivity contribution in [3.63, 3.8) is 0 Å². The number of esters is 1. The SMILES string of the molecule is CC(C)Oc1ccc(N(CCCl)C(=O)[C@H](O)[C@@H](O)C(=O)OC(C)(C)C)cc1. The molecule has 152 valence electrons. The Balaban J connectivity index is 2.95. The maximum atomic E-state index is 12.6. The smallest absolute Gasteiger partial charge is 0.338 e. The molecule has 0 spiro atoms. The molecule has 1 amide bonds. The summed E-state index contributed by atoms with van der Waals surface area (Å²) in [6.45, 7) is 8.73. The second kappa shape index (κ2) is 9.92. The fraction of sp³-hybridized carbons (Fsp3) is 0.579. The van der Waals surface area contributed by atoms with E-state index in [4.69, 9.17) is 21.1 Å². The van der Waals surface area contributed by atoms with Crippen LogP contribution in [-0.2, 0) is 14.3 Å². The van der Waals surface area contributed by atoms with Crippen LogP contribution in [0.1, 0.15) is 34.6 Å². The van der Waals surface area contributed by atoms with E-state index in [1.807, 2.05) is 13.8 Å². The standard InChI is InChI=1S/C19H28ClNO6/c1-12(2)26-14-8-6-13(7-9-14)21(11-10-20)17(24)15(22)16(23)18(25)27-19(3,4)5/h6-9,12,15-16,22-23H,10-11H2,1-5H3/t15-,16-/m1/s1. The Bertz CT molecular complexity index is 626. The second-order valence-electron chi connectivity index (χ2n) is 7.26. The molecule has 0 fully saturated rings. The number of benzene rings is 1. The van der Waals surface area contributed by atoms with E-state index in [1.54, 1.807) is 45.0 Å². The zero-order chi connectivity index (χ0) is 20.8. The number of halogens is 1. The van der Waals surface area contributed by atoms with Crippen molar-refractivity contribution in [1.82, 2.24) is 0 Å². The second-order valence-corrected chi connectivity index (χ2v) is 7.64. The van der Waals surface area contributed by atoms with E-state index in [0.717, 1.165) is 0 Å². The maximum absolute atomic E-state index is 12.6. The van der Waals surface area contributed by atoms with Crippen LogP contribution in [0.3, 0.4) is 0 Å². The molecule has 1 rings (SSSR count). The molecule has 0 saturated carbocycles. The molecule has 0 aromatic heterocycles. The van der Waals surface area contributed by atoms with Gasteiger partial charge >= 0.3 is 5.97 Å². The number of ether oxygens (including phenoxy) is 2. The van der Waals surface area contributed by atoms with E-state index in [2.05, 4.69) is 0 Å². The minimum Gasteiger partial charge on any atom is -0.491 e. The molecular weight excluding hydrogens is 374 g/mol. The highest BCUT2D eigenvalue weighted by Crippen LogP contribution is 2.22. The Kier molecular flexibility index (Phi) is 8.53. The van der Waals surface area contributed by atoms with E-state index in [0.29, 0.717) is 11.4 Å². The first-order valence-electron chi connectivity index (χ1n) is 8.69. The highest BCUT2D eigenvalue weighted by molar-refractivity contribution is 6.18. The van der Waals surface area contributed by atoms with Crippen molar-refractivity contribution >= 4 is 29.2 Å². The molecule has 0 aliphatic carbocycles. The number of carbonyl (C=O) groups is 2. The van der Waals surface area contributed by atoms with Gasteiger partial charge in [0.15, 0.2) is 12.2 Å². The van der Waals surface area contributed by atoms with Crippen LogP contribution in [0.4, 0.5) is 5.69 Å². The Morgan fingerprint density at radius 2 is 1.67 bits per heavy atom. The molecular formula is C19H28ClNO6. The fourth-order valence-corrected chi connectivity index (χ4v) is 2.38. The van der Waals surface area contributed by atoms with Gasteiger partial charge in [0, 0.05) is 18.1 Å². The van der Waals surface area contributed by atoms with Gasteiger partial charge in [-0.3, -0.25) is 4.79 Å². The number of alkyl halides is 1. The van der Waals surface area contributed by atoms with Gasteiger partial charge in [0.1, 0.15) is 11.4 Å². The third-order valence-electron chi connectivity index (χ3n) is 3.29. The minimum absolute atomic E-state index is 0.00206. The monoisotopic (exact) mass is 401 g/mol. The number of nitrogens with zero attached hydrogens (tertiary/aromatic N) is 1. The first-order chi connectivity index (χ1) is 12.5. The van der Waals surface area contributed by atoms with Crippen molar-refractivity contribution < 1.29 is 29.3 Å². The van der Waals surface area contributed by atoms with Gasteiger partial charge in [-0.1, -0.05) is 0 Å². The Hall–Kier alpha value is -1.83. The number of hydrogen-bond donors (Lipinski definition) is 2. The average molecular weight is 402 g/mol. The molecule has 0 heterocycles. The molecule has 8 heteroatoms. The van der Waals surface area contributed by atoms with Crippen molar-refractivity contribution in [2.24, 2.45) is 0 Å². The van der Waals surface area contributed by atoms with Gasteiger partial charge in [0.25, 0.3) is 5.91 Å². The number of aliphatic hydroxyl groups excluding tert-OH is 2. The zero-order valence-corrected chi connectivity index (χ0v) is 17.1. The Labute approximate surface area is 164 Å². The summed E-state index contributed by atoms with van der Waals surface area (Å²) in [4.78, 5) is 25.7. The summed E-state index contributed by atoms with van der Waals surface area (Å²) in [7, 11) is 0. The maximum Gasteiger partial charge on any atom is 0.338 e. The summed E-state index contributed by atoms with van der Waals surface area (Å²) in [5.41, 5.74) is -0.407. The number of rotatable bonds is 8. The molecule has 27 heavy (non-hydrogen) atoms. The molecule has 2 N–H and O–H groups in total. The van der Waals surface area contributed by atoms with Crippen molar-refractivity contribution in [3.05, 3.63) is 24.3 Å². The van der Waals surface area contributed by atoms with Gasteiger partial charge in [-0.05, 0) is 58.9 Å². The van der Waals surface area contributed by atoms with Crippen LogP contribution in [0, 0.1) is 0 Å². The molecule has 0 radical (unpaired) electrons. The molecule has 0 bridgehead atoms. The predicted octanol–water partition coefficient (Wildman–Crippen LogP) is 2.11.